The van der Waals surface area contributed by atoms with Gasteiger partial charge in [0.1, 0.15) is 17.5 Å². The summed E-state index contributed by atoms with van der Waals surface area (Å²) in [6.07, 6.45) is 1.55. The van der Waals surface area contributed by atoms with Crippen molar-refractivity contribution in [1.82, 2.24) is 20.1 Å². The lowest BCUT2D eigenvalue weighted by molar-refractivity contribution is -0.120. The number of para-hydroxylation sites is 1. The van der Waals surface area contributed by atoms with Crippen LogP contribution in [-0.2, 0) is 17.6 Å². The van der Waals surface area contributed by atoms with E-state index in [1.807, 2.05) is 50.2 Å². The fourth-order valence-electron chi connectivity index (χ4n) is 3.97. The molecule has 0 bridgehead atoms. The molecule has 0 aliphatic heterocycles. The highest BCUT2D eigenvalue weighted by Crippen LogP contribution is 2.24. The summed E-state index contributed by atoms with van der Waals surface area (Å²) in [5, 5.41) is 18.1. The molecule has 0 saturated carbocycles. The molecule has 4 N–H and O–H groups in total. The molecule has 0 spiro atoms. The molecule has 0 aliphatic carbocycles. The van der Waals surface area contributed by atoms with Crippen LogP contribution in [0.1, 0.15) is 34.5 Å². The molecule has 0 unspecified atom stereocenters. The van der Waals surface area contributed by atoms with Gasteiger partial charge in [-0.3, -0.25) is 4.79 Å². The number of fused-ring (bicyclic) bond motifs is 1. The molecule has 0 saturated heterocycles. The van der Waals surface area contributed by atoms with Crippen molar-refractivity contribution in [1.29, 1.82) is 5.26 Å². The first-order valence-corrected chi connectivity index (χ1v) is 10.7. The van der Waals surface area contributed by atoms with Gasteiger partial charge >= 0.3 is 0 Å². The van der Waals surface area contributed by atoms with Gasteiger partial charge in [0.2, 0.25) is 5.91 Å². The van der Waals surface area contributed by atoms with Crippen LogP contribution < -0.4 is 11.1 Å². The number of amides is 1. The number of nitrogen functional groups attached to an aromatic ring is 1. The van der Waals surface area contributed by atoms with Crippen molar-refractivity contribution in [2.24, 2.45) is 0 Å². The lowest BCUT2D eigenvalue weighted by atomic mass is 10.1. The van der Waals surface area contributed by atoms with Crippen molar-refractivity contribution in [3.8, 4) is 11.8 Å². The number of aromatic nitrogens is 3. The molecule has 2 aromatic heterocycles. The predicted octanol–water partition coefficient (Wildman–Crippen LogP) is 3.72. The Bertz CT molecular complexity index is 1310. The zero-order valence-corrected chi connectivity index (χ0v) is 18.3. The van der Waals surface area contributed by atoms with E-state index >= 15 is 0 Å². The number of benzene rings is 2. The standard InChI is InChI=1S/C25H26N6O/c1-16-10-11-22-20(13-16)19(17(2)29-22)14-24(32)28-12-6-9-23-21(15-26)25(27)31(30-23)18-7-4-3-5-8-18/h3-5,7-8,10-11,13,29H,6,9,12,14,27H2,1-2H3,(H,28,32). The van der Waals surface area contributed by atoms with Gasteiger partial charge in [-0.05, 0) is 56.5 Å². The number of nitrogens with zero attached hydrogens (tertiary/aromatic N) is 3. The third kappa shape index (κ3) is 4.21. The molecule has 0 radical (unpaired) electrons. The monoisotopic (exact) mass is 426 g/mol. The highest BCUT2D eigenvalue weighted by Gasteiger charge is 2.17. The van der Waals surface area contributed by atoms with Crippen molar-refractivity contribution >= 4 is 22.6 Å². The fraction of sp³-hybridized carbons (Fsp3) is 0.240. The van der Waals surface area contributed by atoms with Crippen LogP contribution in [0.5, 0.6) is 0 Å². The highest BCUT2D eigenvalue weighted by molar-refractivity contribution is 5.90. The van der Waals surface area contributed by atoms with Gasteiger partial charge in [0.25, 0.3) is 0 Å². The maximum Gasteiger partial charge on any atom is 0.224 e. The van der Waals surface area contributed by atoms with Crippen LogP contribution >= 0.6 is 0 Å². The number of carbonyl (C=O) groups is 1. The van der Waals surface area contributed by atoms with Crippen molar-refractivity contribution in [3.63, 3.8) is 0 Å². The minimum atomic E-state index is -0.0228. The van der Waals surface area contributed by atoms with E-state index in [9.17, 15) is 10.1 Å². The molecule has 32 heavy (non-hydrogen) atoms. The normalized spacial score (nSPS) is 10.9. The fourth-order valence-corrected chi connectivity index (χ4v) is 3.97. The van der Waals surface area contributed by atoms with E-state index in [4.69, 9.17) is 5.73 Å². The topological polar surface area (TPSA) is 113 Å². The lowest BCUT2D eigenvalue weighted by Gasteiger charge is -2.06. The Morgan fingerprint density at radius 3 is 2.75 bits per heavy atom. The highest BCUT2D eigenvalue weighted by atomic mass is 16.1. The van der Waals surface area contributed by atoms with E-state index in [1.165, 1.54) is 5.56 Å². The van der Waals surface area contributed by atoms with E-state index < -0.39 is 0 Å². The molecule has 7 heteroatoms. The summed E-state index contributed by atoms with van der Waals surface area (Å²) < 4.78 is 1.59. The first-order valence-electron chi connectivity index (χ1n) is 10.7. The van der Waals surface area contributed by atoms with Gasteiger partial charge in [0, 0.05) is 23.1 Å². The van der Waals surface area contributed by atoms with Crippen LogP contribution in [0.25, 0.3) is 16.6 Å². The van der Waals surface area contributed by atoms with E-state index in [2.05, 4.69) is 33.6 Å². The lowest BCUT2D eigenvalue weighted by Crippen LogP contribution is -2.26. The Hall–Kier alpha value is -4.05. The van der Waals surface area contributed by atoms with Crippen LogP contribution in [0.3, 0.4) is 0 Å². The minimum absolute atomic E-state index is 0.0228. The summed E-state index contributed by atoms with van der Waals surface area (Å²) in [7, 11) is 0. The van der Waals surface area contributed by atoms with Crippen LogP contribution in [-0.4, -0.2) is 27.2 Å². The van der Waals surface area contributed by atoms with Gasteiger partial charge in [-0.25, -0.2) is 4.68 Å². The average molecular weight is 427 g/mol. The number of anilines is 1. The van der Waals surface area contributed by atoms with Crippen molar-refractivity contribution in [3.05, 3.63) is 76.6 Å². The smallest absolute Gasteiger partial charge is 0.224 e. The summed E-state index contributed by atoms with van der Waals surface area (Å²) in [5.41, 5.74) is 12.3. The van der Waals surface area contributed by atoms with Gasteiger partial charge in [0.15, 0.2) is 0 Å². The Kier molecular flexibility index (Phi) is 5.95. The number of hydrogen-bond donors (Lipinski definition) is 3. The second kappa shape index (κ2) is 8.98. The molecule has 4 rings (SSSR count). The van der Waals surface area contributed by atoms with Gasteiger partial charge in [-0.15, -0.1) is 0 Å². The summed E-state index contributed by atoms with van der Waals surface area (Å²) in [6.45, 7) is 4.55. The molecule has 0 fully saturated rings. The molecule has 0 atom stereocenters. The summed E-state index contributed by atoms with van der Waals surface area (Å²) in [6, 6.07) is 17.9. The number of aromatic amines is 1. The molecule has 2 heterocycles. The van der Waals surface area contributed by atoms with E-state index in [-0.39, 0.29) is 5.91 Å². The van der Waals surface area contributed by atoms with Crippen LogP contribution in [0, 0.1) is 25.2 Å². The first-order chi connectivity index (χ1) is 15.5. The zero-order valence-electron chi connectivity index (χ0n) is 18.3. The van der Waals surface area contributed by atoms with E-state index in [0.29, 0.717) is 42.9 Å². The number of H-pyrrole nitrogens is 1. The number of hydrogen-bond acceptors (Lipinski definition) is 4. The van der Waals surface area contributed by atoms with E-state index in [1.54, 1.807) is 4.68 Å². The van der Waals surface area contributed by atoms with Crippen LogP contribution in [0.2, 0.25) is 0 Å². The quantitative estimate of drug-likeness (QED) is 0.391. The van der Waals surface area contributed by atoms with Crippen molar-refractivity contribution < 1.29 is 4.79 Å². The Morgan fingerprint density at radius 2 is 2.00 bits per heavy atom. The van der Waals surface area contributed by atoms with Crippen molar-refractivity contribution in [2.45, 2.75) is 33.1 Å². The molecule has 4 aromatic rings. The summed E-state index contributed by atoms with van der Waals surface area (Å²) in [4.78, 5) is 15.9. The van der Waals surface area contributed by atoms with Gasteiger partial charge < -0.3 is 16.0 Å². The minimum Gasteiger partial charge on any atom is -0.382 e. The Balaban J connectivity index is 1.37. The number of nitrogens with one attached hydrogen (secondary N) is 2. The van der Waals surface area contributed by atoms with Crippen LogP contribution in [0.4, 0.5) is 5.82 Å². The number of aryl methyl sites for hydroxylation is 3. The average Bonchev–Trinajstić information content (AvgIpc) is 3.27. The van der Waals surface area contributed by atoms with Crippen LogP contribution in [0.15, 0.2) is 48.5 Å². The third-order valence-electron chi connectivity index (χ3n) is 5.63. The molecule has 0 aliphatic rings. The first kappa shape index (κ1) is 21.2. The number of rotatable bonds is 7. The Labute approximate surface area is 186 Å². The number of nitrogens with two attached hydrogens (primary N) is 1. The van der Waals surface area contributed by atoms with E-state index in [0.717, 1.165) is 27.8 Å². The summed E-state index contributed by atoms with van der Waals surface area (Å²) in [5.74, 6) is 0.313. The molecule has 162 valence electrons. The third-order valence-corrected chi connectivity index (χ3v) is 5.63. The molecular formula is C25H26N6O. The zero-order chi connectivity index (χ0) is 22.7. The predicted molar refractivity (Wildman–Crippen MR) is 125 cm³/mol. The second-order valence-corrected chi connectivity index (χ2v) is 7.97. The van der Waals surface area contributed by atoms with Gasteiger partial charge in [-0.2, -0.15) is 10.4 Å². The SMILES string of the molecule is Cc1ccc2[nH]c(C)c(CC(=O)NCCCc3nn(-c4ccccc4)c(N)c3C#N)c2c1. The number of nitriles is 1. The van der Waals surface area contributed by atoms with Gasteiger partial charge in [0.05, 0.1) is 17.8 Å². The molecule has 2 aromatic carbocycles. The maximum atomic E-state index is 12.6. The number of carbonyl (C=O) groups excluding carboxylic acids is 1. The largest absolute Gasteiger partial charge is 0.382 e. The van der Waals surface area contributed by atoms with Gasteiger partial charge in [-0.1, -0.05) is 29.8 Å². The molecular weight excluding hydrogens is 400 g/mol. The van der Waals surface area contributed by atoms with Crippen molar-refractivity contribution in [2.75, 3.05) is 12.3 Å². The Morgan fingerprint density at radius 1 is 1.22 bits per heavy atom. The molecule has 7 nitrogen and oxygen atoms in total. The molecule has 1 amide bonds. The second-order valence-electron chi connectivity index (χ2n) is 7.97. The summed E-state index contributed by atoms with van der Waals surface area (Å²) >= 11 is 0. The maximum absolute atomic E-state index is 12.6.